The molecular weight excluding hydrogens is 200 g/mol. The van der Waals surface area contributed by atoms with Crippen LogP contribution in [-0.2, 0) is 0 Å². The lowest BCUT2D eigenvalue weighted by Gasteiger charge is -2.04. The van der Waals surface area contributed by atoms with Crippen LogP contribution in [0.15, 0.2) is 36.7 Å². The van der Waals surface area contributed by atoms with Crippen LogP contribution in [0.4, 0.5) is 0 Å². The van der Waals surface area contributed by atoms with Gasteiger partial charge in [-0.3, -0.25) is 14.8 Å². The van der Waals surface area contributed by atoms with Gasteiger partial charge in [-0.1, -0.05) is 0 Å². The molecule has 0 atom stereocenters. The standard InChI is InChI=1S/C13H12N2O/c1-9-5-6-12(10(2)15-9)13(16)11-4-3-7-14-8-11/h3-8H,1-2H3. The third-order valence-electron chi connectivity index (χ3n) is 2.39. The average Bonchev–Trinajstić information content (AvgIpc) is 2.29. The van der Waals surface area contributed by atoms with E-state index in [1.807, 2.05) is 26.0 Å². The molecule has 0 aromatic carbocycles. The molecule has 0 bridgehead atoms. The molecule has 0 radical (unpaired) electrons. The molecule has 0 amide bonds. The number of rotatable bonds is 2. The topological polar surface area (TPSA) is 42.9 Å². The number of aryl methyl sites for hydroxylation is 2. The maximum atomic E-state index is 12.1. The molecule has 0 unspecified atom stereocenters. The highest BCUT2D eigenvalue weighted by Crippen LogP contribution is 2.12. The fourth-order valence-electron chi connectivity index (χ4n) is 1.58. The van der Waals surface area contributed by atoms with Crippen molar-refractivity contribution in [3.8, 4) is 0 Å². The van der Waals surface area contributed by atoms with Crippen molar-refractivity contribution in [3.05, 3.63) is 59.2 Å². The molecule has 2 rings (SSSR count). The fraction of sp³-hybridized carbons (Fsp3) is 0.154. The summed E-state index contributed by atoms with van der Waals surface area (Å²) in [5.41, 5.74) is 2.91. The van der Waals surface area contributed by atoms with Crippen LogP contribution in [0.2, 0.25) is 0 Å². The minimum atomic E-state index is -0.0295. The first-order valence-electron chi connectivity index (χ1n) is 5.07. The monoisotopic (exact) mass is 212 g/mol. The van der Waals surface area contributed by atoms with Crippen molar-refractivity contribution in [2.45, 2.75) is 13.8 Å². The van der Waals surface area contributed by atoms with Crippen LogP contribution in [0.25, 0.3) is 0 Å². The van der Waals surface area contributed by atoms with E-state index in [2.05, 4.69) is 9.97 Å². The third-order valence-corrected chi connectivity index (χ3v) is 2.39. The summed E-state index contributed by atoms with van der Waals surface area (Å²) in [7, 11) is 0. The van der Waals surface area contributed by atoms with Gasteiger partial charge in [-0.25, -0.2) is 0 Å². The van der Waals surface area contributed by atoms with Gasteiger partial charge in [-0.05, 0) is 38.1 Å². The highest BCUT2D eigenvalue weighted by atomic mass is 16.1. The van der Waals surface area contributed by atoms with Gasteiger partial charge >= 0.3 is 0 Å². The lowest BCUT2D eigenvalue weighted by atomic mass is 10.0. The van der Waals surface area contributed by atoms with E-state index in [-0.39, 0.29) is 5.78 Å². The Hall–Kier alpha value is -2.03. The van der Waals surface area contributed by atoms with E-state index < -0.39 is 0 Å². The van der Waals surface area contributed by atoms with Crippen molar-refractivity contribution in [2.75, 3.05) is 0 Å². The van der Waals surface area contributed by atoms with Crippen molar-refractivity contribution in [2.24, 2.45) is 0 Å². The highest BCUT2D eigenvalue weighted by Gasteiger charge is 2.12. The van der Waals surface area contributed by atoms with Crippen molar-refractivity contribution < 1.29 is 4.79 Å². The number of aromatic nitrogens is 2. The second-order valence-electron chi connectivity index (χ2n) is 3.66. The number of pyridine rings is 2. The number of hydrogen-bond donors (Lipinski definition) is 0. The number of carbonyl (C=O) groups is 1. The Balaban J connectivity index is 2.42. The molecule has 0 aliphatic heterocycles. The second kappa shape index (κ2) is 4.23. The normalized spacial score (nSPS) is 10.1. The Kier molecular flexibility index (Phi) is 2.77. The van der Waals surface area contributed by atoms with E-state index in [0.717, 1.165) is 11.4 Å². The van der Waals surface area contributed by atoms with E-state index in [4.69, 9.17) is 0 Å². The number of carbonyl (C=O) groups excluding carboxylic acids is 1. The molecule has 80 valence electrons. The molecule has 0 aliphatic rings. The molecule has 0 fully saturated rings. The molecule has 0 saturated carbocycles. The van der Waals surface area contributed by atoms with Crippen molar-refractivity contribution >= 4 is 5.78 Å². The summed E-state index contributed by atoms with van der Waals surface area (Å²) in [5.74, 6) is -0.0295. The van der Waals surface area contributed by atoms with E-state index in [9.17, 15) is 4.79 Å². The fourth-order valence-corrected chi connectivity index (χ4v) is 1.58. The lowest BCUT2D eigenvalue weighted by Crippen LogP contribution is -2.05. The predicted octanol–water partition coefficient (Wildman–Crippen LogP) is 2.32. The summed E-state index contributed by atoms with van der Waals surface area (Å²) in [6, 6.07) is 7.17. The largest absolute Gasteiger partial charge is 0.288 e. The van der Waals surface area contributed by atoms with Gasteiger partial charge in [0, 0.05) is 34.9 Å². The summed E-state index contributed by atoms with van der Waals surface area (Å²) in [4.78, 5) is 20.3. The molecule has 0 N–H and O–H groups in total. The van der Waals surface area contributed by atoms with E-state index >= 15 is 0 Å². The highest BCUT2D eigenvalue weighted by molar-refractivity contribution is 6.09. The van der Waals surface area contributed by atoms with Gasteiger partial charge in [-0.15, -0.1) is 0 Å². The Morgan fingerprint density at radius 3 is 2.62 bits per heavy atom. The number of nitrogens with zero attached hydrogens (tertiary/aromatic N) is 2. The summed E-state index contributed by atoms with van der Waals surface area (Å²) < 4.78 is 0. The first-order valence-corrected chi connectivity index (χ1v) is 5.07. The zero-order chi connectivity index (χ0) is 11.5. The Labute approximate surface area is 94.2 Å². The molecular formula is C13H12N2O. The summed E-state index contributed by atoms with van der Waals surface area (Å²) in [6.45, 7) is 3.75. The van der Waals surface area contributed by atoms with Gasteiger partial charge in [0.15, 0.2) is 5.78 Å². The summed E-state index contributed by atoms with van der Waals surface area (Å²) in [6.07, 6.45) is 3.22. The quantitative estimate of drug-likeness (QED) is 0.717. The molecule has 0 aliphatic carbocycles. The predicted molar refractivity (Wildman–Crippen MR) is 61.4 cm³/mol. The average molecular weight is 212 g/mol. The maximum absolute atomic E-state index is 12.1. The van der Waals surface area contributed by atoms with E-state index in [1.165, 1.54) is 0 Å². The minimum absolute atomic E-state index is 0.0295. The Bertz CT molecular complexity index is 521. The van der Waals surface area contributed by atoms with E-state index in [1.54, 1.807) is 24.5 Å². The molecule has 0 spiro atoms. The smallest absolute Gasteiger partial charge is 0.196 e. The summed E-state index contributed by atoms with van der Waals surface area (Å²) >= 11 is 0. The molecule has 2 aromatic rings. The van der Waals surface area contributed by atoms with Crippen LogP contribution in [0.1, 0.15) is 27.3 Å². The molecule has 3 heteroatoms. The second-order valence-corrected chi connectivity index (χ2v) is 3.66. The van der Waals surface area contributed by atoms with Crippen LogP contribution < -0.4 is 0 Å². The lowest BCUT2D eigenvalue weighted by molar-refractivity contribution is 0.103. The molecule has 2 heterocycles. The van der Waals surface area contributed by atoms with Gasteiger partial charge in [0.2, 0.25) is 0 Å². The van der Waals surface area contributed by atoms with Crippen LogP contribution in [0.5, 0.6) is 0 Å². The zero-order valence-corrected chi connectivity index (χ0v) is 9.27. The maximum Gasteiger partial charge on any atom is 0.196 e. The first-order chi connectivity index (χ1) is 7.68. The summed E-state index contributed by atoms with van der Waals surface area (Å²) in [5, 5.41) is 0. The molecule has 3 nitrogen and oxygen atoms in total. The molecule has 16 heavy (non-hydrogen) atoms. The first kappa shape index (κ1) is 10.5. The van der Waals surface area contributed by atoms with Crippen molar-refractivity contribution in [1.82, 2.24) is 9.97 Å². The minimum Gasteiger partial charge on any atom is -0.288 e. The van der Waals surface area contributed by atoms with Crippen LogP contribution in [0.3, 0.4) is 0 Å². The van der Waals surface area contributed by atoms with Gasteiger partial charge in [0.25, 0.3) is 0 Å². The SMILES string of the molecule is Cc1ccc(C(=O)c2cccnc2)c(C)n1. The van der Waals surface area contributed by atoms with Gasteiger partial charge in [-0.2, -0.15) is 0 Å². The van der Waals surface area contributed by atoms with Crippen molar-refractivity contribution in [3.63, 3.8) is 0 Å². The Morgan fingerprint density at radius 2 is 2.00 bits per heavy atom. The molecule has 2 aromatic heterocycles. The number of hydrogen-bond acceptors (Lipinski definition) is 3. The number of ketones is 1. The Morgan fingerprint density at radius 1 is 1.19 bits per heavy atom. The zero-order valence-electron chi connectivity index (χ0n) is 9.27. The van der Waals surface area contributed by atoms with Crippen LogP contribution in [0, 0.1) is 13.8 Å². The van der Waals surface area contributed by atoms with Crippen LogP contribution >= 0.6 is 0 Å². The van der Waals surface area contributed by atoms with Gasteiger partial charge in [0.1, 0.15) is 0 Å². The van der Waals surface area contributed by atoms with Gasteiger partial charge < -0.3 is 0 Å². The third kappa shape index (κ3) is 1.98. The molecule has 0 saturated heterocycles. The van der Waals surface area contributed by atoms with Crippen molar-refractivity contribution in [1.29, 1.82) is 0 Å². The van der Waals surface area contributed by atoms with Crippen LogP contribution in [-0.4, -0.2) is 15.8 Å². The van der Waals surface area contributed by atoms with Gasteiger partial charge in [0.05, 0.1) is 0 Å². The van der Waals surface area contributed by atoms with E-state index in [0.29, 0.717) is 11.1 Å².